The lowest BCUT2D eigenvalue weighted by Gasteiger charge is -2.23. The summed E-state index contributed by atoms with van der Waals surface area (Å²) in [6.45, 7) is 0. The maximum atomic E-state index is 13.5. The summed E-state index contributed by atoms with van der Waals surface area (Å²) in [5.41, 5.74) is -2.69. The molecular weight excluding hydrogens is 426 g/mol. The van der Waals surface area contributed by atoms with Crippen LogP contribution in [0.15, 0.2) is 66.9 Å². The Morgan fingerprint density at radius 1 is 0.871 bits per heavy atom. The van der Waals surface area contributed by atoms with E-state index in [0.29, 0.717) is 12.1 Å². The molecule has 1 heterocycles. The zero-order valence-electron chi connectivity index (χ0n) is 15.5. The van der Waals surface area contributed by atoms with Crippen LogP contribution >= 0.6 is 0 Å². The number of phenolic OH excluding ortho intramolecular Hbond substituents is 1. The number of aromatic hydroxyl groups is 1. The predicted octanol–water partition coefficient (Wildman–Crippen LogP) is 5.34. The summed E-state index contributed by atoms with van der Waals surface area (Å²) < 4.78 is 79.2. The summed E-state index contributed by atoms with van der Waals surface area (Å²) >= 11 is 0. The molecule has 0 aliphatic heterocycles. The molecule has 3 rings (SSSR count). The van der Waals surface area contributed by atoms with Crippen molar-refractivity contribution < 1.29 is 36.2 Å². The highest BCUT2D eigenvalue weighted by Gasteiger charge is 2.37. The molecule has 2 aromatic carbocycles. The normalized spacial score (nSPS) is 13.0. The highest BCUT2D eigenvalue weighted by atomic mass is 19.4. The number of hydrogen-bond acceptors (Lipinski definition) is 3. The maximum absolute atomic E-state index is 13.5. The van der Waals surface area contributed by atoms with Gasteiger partial charge in [0.25, 0.3) is 5.91 Å². The van der Waals surface area contributed by atoms with Gasteiger partial charge in [0.2, 0.25) is 0 Å². The van der Waals surface area contributed by atoms with Crippen LogP contribution in [0.4, 0.5) is 26.3 Å². The quantitative estimate of drug-likeness (QED) is 0.538. The molecule has 0 aliphatic rings. The number of hydrogen-bond donors (Lipinski definition) is 2. The van der Waals surface area contributed by atoms with Gasteiger partial charge in [-0.25, -0.2) is 0 Å². The van der Waals surface area contributed by atoms with E-state index in [1.54, 1.807) is 0 Å². The Morgan fingerprint density at radius 2 is 1.48 bits per heavy atom. The number of aromatic nitrogens is 1. The molecule has 0 saturated carbocycles. The molecule has 1 amide bonds. The van der Waals surface area contributed by atoms with Gasteiger partial charge in [-0.05, 0) is 54.1 Å². The largest absolute Gasteiger partial charge is 0.508 e. The van der Waals surface area contributed by atoms with Gasteiger partial charge in [-0.3, -0.25) is 9.78 Å². The predicted molar refractivity (Wildman–Crippen MR) is 98.1 cm³/mol. The fraction of sp³-hybridized carbons (Fsp3) is 0.143. The molecule has 0 radical (unpaired) electrons. The monoisotopic (exact) mass is 440 g/mol. The molecule has 0 saturated heterocycles. The standard InChI is InChI=1S/C21H14F6N2O2/c22-20(23,24)14-7-3-12(4-8-14)17(18-16(21(25,26)27)2-1-11-28-18)29-19(31)13-5-9-15(30)10-6-13/h1-11,17,30H,(H,29,31)/t17-/m0/s1. The van der Waals surface area contributed by atoms with Crippen LogP contribution in [0, 0.1) is 0 Å². The Kier molecular flexibility index (Phi) is 5.92. The molecule has 1 atom stereocenters. The van der Waals surface area contributed by atoms with Crippen LogP contribution < -0.4 is 5.32 Å². The van der Waals surface area contributed by atoms with E-state index in [1.165, 1.54) is 24.3 Å². The molecule has 1 aromatic heterocycles. The Balaban J connectivity index is 2.07. The summed E-state index contributed by atoms with van der Waals surface area (Å²) in [5.74, 6) is -0.927. The molecule has 0 fully saturated rings. The molecule has 2 N–H and O–H groups in total. The summed E-state index contributed by atoms with van der Waals surface area (Å²) in [4.78, 5) is 16.4. The van der Waals surface area contributed by atoms with Gasteiger partial charge in [0.05, 0.1) is 22.9 Å². The van der Waals surface area contributed by atoms with Crippen LogP contribution in [0.5, 0.6) is 5.75 Å². The van der Waals surface area contributed by atoms with Gasteiger partial charge >= 0.3 is 12.4 Å². The number of carbonyl (C=O) groups excluding carboxylic acids is 1. The first-order valence-electron chi connectivity index (χ1n) is 8.76. The molecule has 31 heavy (non-hydrogen) atoms. The Hall–Kier alpha value is -3.56. The van der Waals surface area contributed by atoms with Crippen LogP contribution in [0.2, 0.25) is 0 Å². The van der Waals surface area contributed by atoms with E-state index in [9.17, 15) is 36.2 Å². The van der Waals surface area contributed by atoms with E-state index in [0.717, 1.165) is 30.5 Å². The first kappa shape index (κ1) is 22.1. The Bertz CT molecular complexity index is 1060. The topological polar surface area (TPSA) is 62.2 Å². The number of pyridine rings is 1. The smallest absolute Gasteiger partial charge is 0.418 e. The third kappa shape index (κ3) is 5.14. The van der Waals surface area contributed by atoms with Gasteiger partial charge in [0.1, 0.15) is 5.75 Å². The summed E-state index contributed by atoms with van der Waals surface area (Å²) in [7, 11) is 0. The molecule has 0 spiro atoms. The van der Waals surface area contributed by atoms with Gasteiger partial charge in [-0.1, -0.05) is 12.1 Å². The average Bonchev–Trinajstić information content (AvgIpc) is 2.71. The van der Waals surface area contributed by atoms with Crippen molar-refractivity contribution in [2.24, 2.45) is 0 Å². The number of phenols is 1. The molecular formula is C21H14F6N2O2. The van der Waals surface area contributed by atoms with E-state index in [2.05, 4.69) is 10.3 Å². The zero-order chi connectivity index (χ0) is 22.8. The van der Waals surface area contributed by atoms with E-state index < -0.39 is 41.1 Å². The number of carbonyl (C=O) groups is 1. The lowest BCUT2D eigenvalue weighted by atomic mass is 9.97. The van der Waals surface area contributed by atoms with Gasteiger partial charge in [0, 0.05) is 11.8 Å². The van der Waals surface area contributed by atoms with Crippen molar-refractivity contribution in [2.45, 2.75) is 18.4 Å². The fourth-order valence-corrected chi connectivity index (χ4v) is 2.89. The third-order valence-corrected chi connectivity index (χ3v) is 4.39. The first-order valence-corrected chi connectivity index (χ1v) is 8.76. The number of halogens is 6. The van der Waals surface area contributed by atoms with Crippen LogP contribution in [0.3, 0.4) is 0 Å². The van der Waals surface area contributed by atoms with Crippen molar-refractivity contribution in [1.82, 2.24) is 10.3 Å². The molecule has 10 heteroatoms. The fourth-order valence-electron chi connectivity index (χ4n) is 2.89. The van der Waals surface area contributed by atoms with Gasteiger partial charge in [0.15, 0.2) is 0 Å². The number of nitrogens with one attached hydrogen (secondary N) is 1. The molecule has 0 aliphatic carbocycles. The minimum Gasteiger partial charge on any atom is -0.508 e. The van der Waals surface area contributed by atoms with Crippen molar-refractivity contribution in [2.75, 3.05) is 0 Å². The van der Waals surface area contributed by atoms with Gasteiger partial charge in [-0.15, -0.1) is 0 Å². The molecule has 0 unspecified atom stereocenters. The number of alkyl halides is 6. The van der Waals surface area contributed by atoms with Crippen LogP contribution in [-0.4, -0.2) is 16.0 Å². The number of benzene rings is 2. The van der Waals surface area contributed by atoms with Gasteiger partial charge in [-0.2, -0.15) is 26.3 Å². The van der Waals surface area contributed by atoms with E-state index in [-0.39, 0.29) is 16.9 Å². The van der Waals surface area contributed by atoms with Crippen LogP contribution in [0.1, 0.15) is 38.8 Å². The first-order chi connectivity index (χ1) is 14.5. The lowest BCUT2D eigenvalue weighted by Crippen LogP contribution is -2.31. The van der Waals surface area contributed by atoms with Crippen molar-refractivity contribution in [3.63, 3.8) is 0 Å². The second-order valence-electron chi connectivity index (χ2n) is 6.51. The summed E-state index contributed by atoms with van der Waals surface area (Å²) in [6, 6.07) is 8.67. The van der Waals surface area contributed by atoms with E-state index in [4.69, 9.17) is 0 Å². The van der Waals surface area contributed by atoms with Crippen molar-refractivity contribution in [3.05, 3.63) is 94.8 Å². The molecule has 4 nitrogen and oxygen atoms in total. The number of nitrogens with zero attached hydrogens (tertiary/aromatic N) is 1. The maximum Gasteiger partial charge on any atom is 0.418 e. The zero-order valence-corrected chi connectivity index (χ0v) is 15.5. The SMILES string of the molecule is O=C(N[C@@H](c1ccc(C(F)(F)F)cc1)c1ncccc1C(F)(F)F)c1ccc(O)cc1. The molecule has 3 aromatic rings. The summed E-state index contributed by atoms with van der Waals surface area (Å²) in [6.07, 6.45) is -8.35. The summed E-state index contributed by atoms with van der Waals surface area (Å²) in [5, 5.41) is 11.7. The number of rotatable bonds is 4. The van der Waals surface area contributed by atoms with Crippen LogP contribution in [0.25, 0.3) is 0 Å². The second kappa shape index (κ2) is 8.29. The van der Waals surface area contributed by atoms with Crippen molar-refractivity contribution in [3.8, 4) is 5.75 Å². The highest BCUT2D eigenvalue weighted by molar-refractivity contribution is 5.94. The number of amides is 1. The lowest BCUT2D eigenvalue weighted by molar-refractivity contribution is -0.139. The molecule has 162 valence electrons. The molecule has 0 bridgehead atoms. The Morgan fingerprint density at radius 3 is 2.03 bits per heavy atom. The van der Waals surface area contributed by atoms with Crippen molar-refractivity contribution in [1.29, 1.82) is 0 Å². The average molecular weight is 440 g/mol. The van der Waals surface area contributed by atoms with E-state index in [1.807, 2.05) is 0 Å². The van der Waals surface area contributed by atoms with Crippen molar-refractivity contribution >= 4 is 5.91 Å². The van der Waals surface area contributed by atoms with E-state index >= 15 is 0 Å². The Labute approximate surface area is 172 Å². The highest BCUT2D eigenvalue weighted by Crippen LogP contribution is 2.36. The minimum atomic E-state index is -4.81. The minimum absolute atomic E-state index is 0.0238. The van der Waals surface area contributed by atoms with Crippen LogP contribution in [-0.2, 0) is 12.4 Å². The second-order valence-corrected chi connectivity index (χ2v) is 6.51. The van der Waals surface area contributed by atoms with Gasteiger partial charge < -0.3 is 10.4 Å². The third-order valence-electron chi connectivity index (χ3n) is 4.39.